The molecule has 0 radical (unpaired) electrons. The number of nitrogens with zero attached hydrogens (tertiary/aromatic N) is 2. The quantitative estimate of drug-likeness (QED) is 0.188. The molecule has 0 aliphatic rings. The lowest BCUT2D eigenvalue weighted by molar-refractivity contribution is 0.307. The van der Waals surface area contributed by atoms with Gasteiger partial charge < -0.3 is 13.7 Å². The first kappa shape index (κ1) is 27.0. The van der Waals surface area contributed by atoms with Crippen molar-refractivity contribution in [2.45, 2.75) is 25.3 Å². The number of anilines is 1. The molecule has 0 saturated heterocycles. The predicted octanol–water partition coefficient (Wildman–Crippen LogP) is 7.66. The fourth-order valence-corrected chi connectivity index (χ4v) is 5.89. The van der Waals surface area contributed by atoms with Crippen molar-refractivity contribution < 1.29 is 22.1 Å². The van der Waals surface area contributed by atoms with E-state index in [1.54, 1.807) is 44.3 Å². The molecule has 6 rings (SSSR count). The Morgan fingerprint density at radius 2 is 1.52 bits per heavy atom. The summed E-state index contributed by atoms with van der Waals surface area (Å²) in [4.78, 5) is 4.36. The van der Waals surface area contributed by atoms with Gasteiger partial charge in [-0.3, -0.25) is 0 Å². The Morgan fingerprint density at radius 1 is 0.810 bits per heavy atom. The number of ether oxygens (including phenoxy) is 1. The monoisotopic (exact) mass is 577 g/mol. The van der Waals surface area contributed by atoms with Crippen LogP contribution in [0, 0.1) is 13.8 Å². The van der Waals surface area contributed by atoms with Gasteiger partial charge in [-0.25, -0.2) is 18.1 Å². The third-order valence-corrected chi connectivity index (χ3v) is 8.38. The molecular weight excluding hydrogens is 550 g/mol. The summed E-state index contributed by atoms with van der Waals surface area (Å²) in [6.45, 7) is 3.68. The van der Waals surface area contributed by atoms with Crippen LogP contribution in [-0.2, 0) is 16.6 Å². The normalized spacial score (nSPS) is 11.4. The number of aryl methyl sites for hydroxylation is 1. The zero-order valence-corrected chi connectivity index (χ0v) is 23.8. The number of nitrogens with one attached hydrogen (secondary N) is 1. The summed E-state index contributed by atoms with van der Waals surface area (Å²) in [5.41, 5.74) is 6.14. The summed E-state index contributed by atoms with van der Waals surface area (Å²) in [5, 5.41) is 3.87. The summed E-state index contributed by atoms with van der Waals surface area (Å²) >= 11 is 0. The van der Waals surface area contributed by atoms with Gasteiger partial charge in [0.2, 0.25) is 11.8 Å². The van der Waals surface area contributed by atoms with Crippen molar-refractivity contribution in [3.8, 4) is 39.5 Å². The maximum atomic E-state index is 13.6. The SMILES string of the molecule is Cc1noc(NS(=O)(=O)c2ccccc2-c2ccc(-c3ncco3)cc2COc2ccc(-c3ccccc3)cc2)c1C. The van der Waals surface area contributed by atoms with E-state index in [0.29, 0.717) is 34.0 Å². The number of sulfonamides is 1. The molecule has 0 spiro atoms. The first-order valence-corrected chi connectivity index (χ1v) is 14.7. The summed E-state index contributed by atoms with van der Waals surface area (Å²) < 4.78 is 46.7. The van der Waals surface area contributed by atoms with Gasteiger partial charge in [0.15, 0.2) is 0 Å². The number of benzene rings is 4. The number of aromatic nitrogens is 2. The Labute approximate surface area is 243 Å². The second kappa shape index (κ2) is 11.4. The lowest BCUT2D eigenvalue weighted by Gasteiger charge is -2.16. The van der Waals surface area contributed by atoms with Gasteiger partial charge in [-0.15, -0.1) is 0 Å². The summed E-state index contributed by atoms with van der Waals surface area (Å²) in [6.07, 6.45) is 3.09. The van der Waals surface area contributed by atoms with Crippen LogP contribution >= 0.6 is 0 Å². The number of oxazole rings is 1. The van der Waals surface area contributed by atoms with Crippen LogP contribution < -0.4 is 9.46 Å². The molecule has 0 saturated carbocycles. The average molecular weight is 578 g/mol. The lowest BCUT2D eigenvalue weighted by atomic mass is 9.97. The van der Waals surface area contributed by atoms with E-state index in [0.717, 1.165) is 22.3 Å². The molecular formula is C33H27N3O5S. The Morgan fingerprint density at radius 3 is 2.24 bits per heavy atom. The van der Waals surface area contributed by atoms with E-state index in [1.165, 1.54) is 6.26 Å². The first-order chi connectivity index (χ1) is 20.4. The fraction of sp³-hybridized carbons (Fsp3) is 0.0909. The van der Waals surface area contributed by atoms with Gasteiger partial charge in [-0.1, -0.05) is 71.9 Å². The molecule has 2 heterocycles. The third-order valence-electron chi connectivity index (χ3n) is 6.99. The molecule has 0 bridgehead atoms. The highest BCUT2D eigenvalue weighted by Crippen LogP contribution is 2.35. The van der Waals surface area contributed by atoms with Gasteiger partial charge in [-0.05, 0) is 66.4 Å². The maximum absolute atomic E-state index is 13.6. The van der Waals surface area contributed by atoms with Crippen LogP contribution in [0.4, 0.5) is 5.88 Å². The third kappa shape index (κ3) is 5.55. The van der Waals surface area contributed by atoms with E-state index in [9.17, 15) is 8.42 Å². The van der Waals surface area contributed by atoms with Crippen LogP contribution in [0.1, 0.15) is 16.8 Å². The second-order valence-electron chi connectivity index (χ2n) is 9.71. The van der Waals surface area contributed by atoms with Crippen LogP contribution in [0.2, 0.25) is 0 Å². The Kier molecular flexibility index (Phi) is 7.33. The zero-order chi connectivity index (χ0) is 29.1. The Balaban J connectivity index is 1.35. The predicted molar refractivity (Wildman–Crippen MR) is 160 cm³/mol. The topological polar surface area (TPSA) is 107 Å². The van der Waals surface area contributed by atoms with E-state index in [-0.39, 0.29) is 17.4 Å². The molecule has 0 fully saturated rings. The van der Waals surface area contributed by atoms with E-state index in [2.05, 4.69) is 27.0 Å². The van der Waals surface area contributed by atoms with E-state index < -0.39 is 10.0 Å². The molecule has 0 amide bonds. The van der Waals surface area contributed by atoms with Gasteiger partial charge in [-0.2, -0.15) is 0 Å². The maximum Gasteiger partial charge on any atom is 0.264 e. The van der Waals surface area contributed by atoms with Crippen molar-refractivity contribution in [3.05, 3.63) is 126 Å². The summed E-state index contributed by atoms with van der Waals surface area (Å²) in [5.74, 6) is 1.22. The minimum absolute atomic E-state index is 0.0871. The van der Waals surface area contributed by atoms with Crippen LogP contribution in [0.15, 0.2) is 123 Å². The van der Waals surface area contributed by atoms with Crippen LogP contribution in [-0.4, -0.2) is 18.6 Å². The smallest absolute Gasteiger partial charge is 0.264 e. The molecule has 8 nitrogen and oxygen atoms in total. The molecule has 0 atom stereocenters. The first-order valence-electron chi connectivity index (χ1n) is 13.3. The molecule has 42 heavy (non-hydrogen) atoms. The van der Waals surface area contributed by atoms with Crippen molar-refractivity contribution in [1.29, 1.82) is 0 Å². The van der Waals surface area contributed by atoms with Crippen LogP contribution in [0.3, 0.4) is 0 Å². The van der Waals surface area contributed by atoms with Crippen molar-refractivity contribution in [1.82, 2.24) is 10.1 Å². The fourth-order valence-electron chi connectivity index (χ4n) is 4.62. The lowest BCUT2D eigenvalue weighted by Crippen LogP contribution is -2.14. The average Bonchev–Trinajstić information content (AvgIpc) is 3.67. The highest BCUT2D eigenvalue weighted by molar-refractivity contribution is 7.92. The van der Waals surface area contributed by atoms with Gasteiger partial charge >= 0.3 is 0 Å². The highest BCUT2D eigenvalue weighted by atomic mass is 32.2. The molecule has 210 valence electrons. The van der Waals surface area contributed by atoms with Gasteiger partial charge in [0.05, 0.1) is 16.8 Å². The van der Waals surface area contributed by atoms with Crippen molar-refractivity contribution in [2.24, 2.45) is 0 Å². The van der Waals surface area contributed by atoms with E-state index in [4.69, 9.17) is 13.7 Å². The minimum Gasteiger partial charge on any atom is -0.489 e. The Hall–Kier alpha value is -5.15. The molecule has 0 unspecified atom stereocenters. The summed E-state index contributed by atoms with van der Waals surface area (Å²) in [7, 11) is -4.03. The number of hydrogen-bond acceptors (Lipinski definition) is 7. The molecule has 4 aromatic carbocycles. The van der Waals surface area contributed by atoms with E-state index in [1.807, 2.05) is 60.7 Å². The van der Waals surface area contributed by atoms with Crippen LogP contribution in [0.5, 0.6) is 5.75 Å². The van der Waals surface area contributed by atoms with Crippen molar-refractivity contribution in [2.75, 3.05) is 4.72 Å². The molecule has 9 heteroatoms. The minimum atomic E-state index is -4.03. The molecule has 0 aliphatic heterocycles. The highest BCUT2D eigenvalue weighted by Gasteiger charge is 2.24. The zero-order valence-electron chi connectivity index (χ0n) is 22.9. The molecule has 6 aromatic rings. The molecule has 0 aliphatic carbocycles. The number of hydrogen-bond donors (Lipinski definition) is 1. The molecule has 1 N–H and O–H groups in total. The van der Waals surface area contributed by atoms with Gasteiger partial charge in [0.1, 0.15) is 18.6 Å². The van der Waals surface area contributed by atoms with Crippen molar-refractivity contribution >= 4 is 15.9 Å². The van der Waals surface area contributed by atoms with E-state index >= 15 is 0 Å². The number of rotatable bonds is 9. The Bertz CT molecular complexity index is 1930. The van der Waals surface area contributed by atoms with Crippen molar-refractivity contribution in [3.63, 3.8) is 0 Å². The largest absolute Gasteiger partial charge is 0.489 e. The van der Waals surface area contributed by atoms with Gasteiger partial charge in [0.25, 0.3) is 10.0 Å². The van der Waals surface area contributed by atoms with Crippen LogP contribution in [0.25, 0.3) is 33.7 Å². The standard InChI is InChI=1S/C33H27N3O5S/c1-22-23(2)35-41-32(22)36-42(37,38)31-11-7-6-10-30(31)29-17-14-26(33-34-18-19-39-33)20-27(29)21-40-28-15-12-25(13-16-28)24-8-4-3-5-9-24/h3-20,36H,21H2,1-2H3. The molecule has 2 aromatic heterocycles. The van der Waals surface area contributed by atoms with Gasteiger partial charge in [0, 0.05) is 16.7 Å². The summed E-state index contributed by atoms with van der Waals surface area (Å²) in [6, 6.07) is 30.4. The second-order valence-corrected chi connectivity index (χ2v) is 11.4.